The molecule has 0 saturated heterocycles. The molecule has 0 fully saturated rings. The van der Waals surface area contributed by atoms with Gasteiger partial charge in [0.1, 0.15) is 6.61 Å². The van der Waals surface area contributed by atoms with Crippen LogP contribution in [0.3, 0.4) is 0 Å². The van der Waals surface area contributed by atoms with E-state index in [1.54, 1.807) is 0 Å². The molecule has 2 nitrogen and oxygen atoms in total. The molecular weight excluding hydrogens is 92.1 g/mol. The smallest absolute Gasteiger partial charge is 0.158 e. The molecule has 0 aliphatic carbocycles. The van der Waals surface area contributed by atoms with Crippen LogP contribution in [0.15, 0.2) is 0 Å². The second-order valence-electron chi connectivity index (χ2n) is 1.45. The lowest BCUT2D eigenvalue weighted by Crippen LogP contribution is -2.01. The van der Waals surface area contributed by atoms with E-state index in [1.165, 1.54) is 0 Å². The van der Waals surface area contributed by atoms with E-state index < -0.39 is 0 Å². The van der Waals surface area contributed by atoms with Gasteiger partial charge in [0.2, 0.25) is 0 Å². The van der Waals surface area contributed by atoms with E-state index in [0.29, 0.717) is 6.42 Å². The van der Waals surface area contributed by atoms with Crippen molar-refractivity contribution in [1.82, 2.24) is 0 Å². The molecule has 0 spiro atoms. The Bertz CT molecular complexity index is 59.1. The zero-order valence-corrected chi connectivity index (χ0v) is 4.48. The molecule has 0 aromatic rings. The van der Waals surface area contributed by atoms with Crippen molar-refractivity contribution in [3.05, 3.63) is 0 Å². The summed E-state index contributed by atoms with van der Waals surface area (Å²) in [5.41, 5.74) is 0. The molecule has 0 bridgehead atoms. The third-order valence-corrected chi connectivity index (χ3v) is 0.705. The summed E-state index contributed by atoms with van der Waals surface area (Å²) in [6, 6.07) is 0. The molecule has 0 heterocycles. The number of hydrogen-bond donors (Lipinski definition) is 1. The van der Waals surface area contributed by atoms with E-state index in [0.717, 1.165) is 6.42 Å². The van der Waals surface area contributed by atoms with Crippen LogP contribution in [0.4, 0.5) is 0 Å². The molecule has 0 aromatic heterocycles. The average Bonchev–Trinajstić information content (AvgIpc) is 1.68. The number of rotatable bonds is 3. The number of aliphatic hydroxyl groups is 1. The molecule has 0 aliphatic heterocycles. The predicted molar refractivity (Wildman–Crippen MR) is 27.0 cm³/mol. The van der Waals surface area contributed by atoms with Crippen molar-refractivity contribution in [1.29, 1.82) is 0 Å². The Morgan fingerprint density at radius 3 is 2.43 bits per heavy atom. The van der Waals surface area contributed by atoms with Crippen LogP contribution in [0.5, 0.6) is 0 Å². The summed E-state index contributed by atoms with van der Waals surface area (Å²) in [6.45, 7) is 1.61. The summed E-state index contributed by atoms with van der Waals surface area (Å²) in [4.78, 5) is 10.2. The van der Waals surface area contributed by atoms with Gasteiger partial charge in [-0.3, -0.25) is 4.79 Å². The number of carbonyl (C=O) groups excluding carboxylic acids is 1. The van der Waals surface area contributed by atoms with Crippen LogP contribution in [0, 0.1) is 0 Å². The number of hydrogen-bond acceptors (Lipinski definition) is 2. The third-order valence-electron chi connectivity index (χ3n) is 0.705. The quantitative estimate of drug-likeness (QED) is 0.558. The van der Waals surface area contributed by atoms with Crippen molar-refractivity contribution in [2.24, 2.45) is 0 Å². The molecule has 0 rings (SSSR count). The summed E-state index contributed by atoms with van der Waals surface area (Å²) in [7, 11) is 0. The van der Waals surface area contributed by atoms with E-state index in [9.17, 15) is 4.79 Å². The zero-order chi connectivity index (χ0) is 5.70. The SMILES string of the molecule is CCCC(=O)CO. The van der Waals surface area contributed by atoms with Crippen molar-refractivity contribution < 1.29 is 9.90 Å². The van der Waals surface area contributed by atoms with Crippen LogP contribution in [-0.4, -0.2) is 17.5 Å². The van der Waals surface area contributed by atoms with Crippen molar-refractivity contribution in [2.45, 2.75) is 19.8 Å². The molecule has 0 aliphatic rings. The van der Waals surface area contributed by atoms with Gasteiger partial charge in [-0.1, -0.05) is 6.92 Å². The molecule has 0 amide bonds. The van der Waals surface area contributed by atoms with Gasteiger partial charge in [0, 0.05) is 6.42 Å². The van der Waals surface area contributed by atoms with E-state index in [4.69, 9.17) is 5.11 Å². The van der Waals surface area contributed by atoms with Crippen molar-refractivity contribution in [3.63, 3.8) is 0 Å². The summed E-state index contributed by atoms with van der Waals surface area (Å²) >= 11 is 0. The summed E-state index contributed by atoms with van der Waals surface area (Å²) in [5, 5.41) is 8.12. The summed E-state index contributed by atoms with van der Waals surface area (Å²) < 4.78 is 0. The number of aliphatic hydroxyl groups excluding tert-OH is 1. The number of ketones is 1. The minimum atomic E-state index is -0.298. The molecular formula is C5H10O2. The maximum absolute atomic E-state index is 10.2. The van der Waals surface area contributed by atoms with Gasteiger partial charge < -0.3 is 5.11 Å². The fourth-order valence-corrected chi connectivity index (χ4v) is 0.358. The molecule has 1 N–H and O–H groups in total. The Morgan fingerprint density at radius 2 is 2.29 bits per heavy atom. The standard InChI is InChI=1S/C5H10O2/c1-2-3-5(7)4-6/h6H,2-4H2,1H3. The van der Waals surface area contributed by atoms with E-state index in [-0.39, 0.29) is 12.4 Å². The number of carbonyl (C=O) groups is 1. The summed E-state index contributed by atoms with van der Waals surface area (Å²) in [6.07, 6.45) is 1.34. The Hall–Kier alpha value is -0.370. The average molecular weight is 102 g/mol. The largest absolute Gasteiger partial charge is 0.389 e. The van der Waals surface area contributed by atoms with E-state index in [1.807, 2.05) is 6.92 Å². The molecule has 0 unspecified atom stereocenters. The molecule has 0 saturated carbocycles. The first-order valence-corrected chi connectivity index (χ1v) is 2.43. The lowest BCUT2D eigenvalue weighted by Gasteiger charge is -1.86. The molecule has 7 heavy (non-hydrogen) atoms. The van der Waals surface area contributed by atoms with Gasteiger partial charge in [-0.05, 0) is 6.42 Å². The lowest BCUT2D eigenvalue weighted by atomic mass is 10.2. The minimum absolute atomic E-state index is 0.0671. The van der Waals surface area contributed by atoms with Crippen LogP contribution in [0.2, 0.25) is 0 Å². The summed E-state index contributed by atoms with van der Waals surface area (Å²) in [5.74, 6) is -0.0671. The second-order valence-corrected chi connectivity index (χ2v) is 1.45. The Labute approximate surface area is 43.2 Å². The highest BCUT2D eigenvalue weighted by Gasteiger charge is 1.92. The van der Waals surface area contributed by atoms with Crippen LogP contribution in [-0.2, 0) is 4.79 Å². The Kier molecular flexibility index (Phi) is 3.61. The highest BCUT2D eigenvalue weighted by molar-refractivity contribution is 5.79. The van der Waals surface area contributed by atoms with Crippen molar-refractivity contribution >= 4 is 5.78 Å². The predicted octanol–water partition coefficient (Wildman–Crippen LogP) is 0.348. The van der Waals surface area contributed by atoms with Gasteiger partial charge in [0.25, 0.3) is 0 Å². The highest BCUT2D eigenvalue weighted by atomic mass is 16.3. The van der Waals surface area contributed by atoms with Crippen molar-refractivity contribution in [2.75, 3.05) is 6.61 Å². The lowest BCUT2D eigenvalue weighted by molar-refractivity contribution is -0.121. The topological polar surface area (TPSA) is 37.3 Å². The Morgan fingerprint density at radius 1 is 1.71 bits per heavy atom. The van der Waals surface area contributed by atoms with E-state index in [2.05, 4.69) is 0 Å². The maximum Gasteiger partial charge on any atom is 0.158 e. The maximum atomic E-state index is 10.2. The Balaban J connectivity index is 3.00. The van der Waals surface area contributed by atoms with Gasteiger partial charge in [0.15, 0.2) is 5.78 Å². The van der Waals surface area contributed by atoms with E-state index >= 15 is 0 Å². The monoisotopic (exact) mass is 102 g/mol. The molecule has 2 heteroatoms. The molecule has 0 atom stereocenters. The van der Waals surface area contributed by atoms with Gasteiger partial charge in [0.05, 0.1) is 0 Å². The first-order chi connectivity index (χ1) is 3.31. The number of Topliss-reactive ketones (excluding diaryl/α,β-unsaturated/α-hetero) is 1. The minimum Gasteiger partial charge on any atom is -0.389 e. The van der Waals surface area contributed by atoms with Crippen molar-refractivity contribution in [3.8, 4) is 0 Å². The molecule has 0 aromatic carbocycles. The fraction of sp³-hybridized carbons (Fsp3) is 0.800. The van der Waals surface area contributed by atoms with Gasteiger partial charge >= 0.3 is 0 Å². The first-order valence-electron chi connectivity index (χ1n) is 2.43. The molecule has 0 radical (unpaired) electrons. The second kappa shape index (κ2) is 3.81. The normalized spacial score (nSPS) is 8.86. The highest BCUT2D eigenvalue weighted by Crippen LogP contribution is 1.85. The first kappa shape index (κ1) is 6.63. The van der Waals surface area contributed by atoms with Gasteiger partial charge in [-0.15, -0.1) is 0 Å². The van der Waals surface area contributed by atoms with Gasteiger partial charge in [-0.25, -0.2) is 0 Å². The zero-order valence-electron chi connectivity index (χ0n) is 4.48. The molecule has 42 valence electrons. The van der Waals surface area contributed by atoms with Crippen LogP contribution in [0.1, 0.15) is 19.8 Å². The van der Waals surface area contributed by atoms with Gasteiger partial charge in [-0.2, -0.15) is 0 Å². The van der Waals surface area contributed by atoms with Crippen LogP contribution < -0.4 is 0 Å². The third kappa shape index (κ3) is 3.46. The fourth-order valence-electron chi connectivity index (χ4n) is 0.358. The van der Waals surface area contributed by atoms with Crippen LogP contribution >= 0.6 is 0 Å². The van der Waals surface area contributed by atoms with Crippen LogP contribution in [0.25, 0.3) is 0 Å².